The molecule has 0 aliphatic heterocycles. The maximum Gasteiger partial charge on any atom is 0.00313 e. The van der Waals surface area contributed by atoms with Gasteiger partial charge in [-0.15, -0.1) is 0 Å². The maximum atomic E-state index is 3.48. The van der Waals surface area contributed by atoms with Gasteiger partial charge in [0.05, 0.1) is 0 Å². The lowest BCUT2D eigenvalue weighted by Gasteiger charge is -2.04. The lowest BCUT2D eigenvalue weighted by Crippen LogP contribution is -1.89. The molecule has 0 unspecified atom stereocenters. The van der Waals surface area contributed by atoms with Crippen LogP contribution >= 0.6 is 15.9 Å². The first-order valence-corrected chi connectivity index (χ1v) is 8.62. The van der Waals surface area contributed by atoms with Crippen LogP contribution in [-0.2, 0) is 12.8 Å². The Balaban J connectivity index is 2.14. The van der Waals surface area contributed by atoms with E-state index >= 15 is 0 Å². The molecule has 0 aliphatic carbocycles. The summed E-state index contributed by atoms with van der Waals surface area (Å²) in [5.41, 5.74) is 3.01. The summed E-state index contributed by atoms with van der Waals surface area (Å²) in [5.74, 6) is 0. The molecule has 0 fully saturated rings. The summed E-state index contributed by atoms with van der Waals surface area (Å²) in [6, 6.07) is 9.28. The highest BCUT2D eigenvalue weighted by Crippen LogP contribution is 2.12. The van der Waals surface area contributed by atoms with Crippen molar-refractivity contribution in [1.29, 1.82) is 0 Å². The van der Waals surface area contributed by atoms with Crippen LogP contribution in [0.25, 0.3) is 0 Å². The number of hydrogen-bond acceptors (Lipinski definition) is 0. The van der Waals surface area contributed by atoms with Gasteiger partial charge in [0.15, 0.2) is 0 Å². The van der Waals surface area contributed by atoms with E-state index in [9.17, 15) is 0 Å². The van der Waals surface area contributed by atoms with E-state index in [1.54, 1.807) is 0 Å². The number of halogens is 1. The lowest BCUT2D eigenvalue weighted by atomic mass is 10.0. The van der Waals surface area contributed by atoms with Crippen molar-refractivity contribution >= 4 is 15.9 Å². The molecule has 0 radical (unpaired) electrons. The zero-order chi connectivity index (χ0) is 13.1. The predicted octanol–water partition coefficient (Wildman–Crippen LogP) is 5.92. The molecular weight excluding hydrogens is 284 g/mol. The van der Waals surface area contributed by atoms with Gasteiger partial charge in [-0.2, -0.15) is 0 Å². The molecule has 0 N–H and O–H groups in total. The molecule has 1 heteroatoms. The minimum Gasteiger partial charge on any atom is -0.0928 e. The summed E-state index contributed by atoms with van der Waals surface area (Å²) >= 11 is 3.48. The summed E-state index contributed by atoms with van der Waals surface area (Å²) in [5, 5.41) is 1.16. The SMILES string of the molecule is CCCCc1ccc(CCCCCCCBr)cc1. The molecule has 1 aromatic carbocycles. The van der Waals surface area contributed by atoms with Crippen LogP contribution in [0, 0.1) is 0 Å². The summed E-state index contributed by atoms with van der Waals surface area (Å²) in [6.07, 6.45) is 11.9. The molecule has 0 nitrogen and oxygen atoms in total. The van der Waals surface area contributed by atoms with E-state index in [4.69, 9.17) is 0 Å². The van der Waals surface area contributed by atoms with Crippen LogP contribution in [0.15, 0.2) is 24.3 Å². The van der Waals surface area contributed by atoms with Crippen molar-refractivity contribution in [3.05, 3.63) is 35.4 Å². The van der Waals surface area contributed by atoms with E-state index in [2.05, 4.69) is 47.1 Å². The van der Waals surface area contributed by atoms with Gasteiger partial charge < -0.3 is 0 Å². The molecule has 0 aromatic heterocycles. The number of aryl methyl sites for hydroxylation is 2. The molecule has 0 atom stereocenters. The van der Waals surface area contributed by atoms with Crippen molar-refractivity contribution in [3.63, 3.8) is 0 Å². The molecule has 102 valence electrons. The molecular formula is C17H27Br. The zero-order valence-electron chi connectivity index (χ0n) is 11.8. The van der Waals surface area contributed by atoms with Gasteiger partial charge >= 0.3 is 0 Å². The summed E-state index contributed by atoms with van der Waals surface area (Å²) in [6.45, 7) is 2.25. The highest BCUT2D eigenvalue weighted by atomic mass is 79.9. The van der Waals surface area contributed by atoms with E-state index in [-0.39, 0.29) is 0 Å². The predicted molar refractivity (Wildman–Crippen MR) is 85.6 cm³/mol. The van der Waals surface area contributed by atoms with Gasteiger partial charge in [-0.3, -0.25) is 0 Å². The molecule has 0 spiro atoms. The molecule has 0 heterocycles. The van der Waals surface area contributed by atoms with Gasteiger partial charge in [-0.1, -0.05) is 72.8 Å². The van der Waals surface area contributed by atoms with Crippen molar-refractivity contribution in [2.24, 2.45) is 0 Å². The molecule has 0 bridgehead atoms. The van der Waals surface area contributed by atoms with Crippen LogP contribution in [0.5, 0.6) is 0 Å². The molecule has 18 heavy (non-hydrogen) atoms. The fraction of sp³-hybridized carbons (Fsp3) is 0.647. The normalized spacial score (nSPS) is 10.8. The highest BCUT2D eigenvalue weighted by Gasteiger charge is 1.96. The smallest absolute Gasteiger partial charge is 0.00313 e. The van der Waals surface area contributed by atoms with Crippen molar-refractivity contribution in [2.45, 2.75) is 64.7 Å². The quantitative estimate of drug-likeness (QED) is 0.372. The highest BCUT2D eigenvalue weighted by molar-refractivity contribution is 9.09. The van der Waals surface area contributed by atoms with E-state index in [0.717, 1.165) is 5.33 Å². The fourth-order valence-corrected chi connectivity index (χ4v) is 2.60. The van der Waals surface area contributed by atoms with Crippen LogP contribution in [0.4, 0.5) is 0 Å². The van der Waals surface area contributed by atoms with Crippen molar-refractivity contribution in [1.82, 2.24) is 0 Å². The van der Waals surface area contributed by atoms with Crippen molar-refractivity contribution in [2.75, 3.05) is 5.33 Å². The third kappa shape index (κ3) is 7.20. The largest absolute Gasteiger partial charge is 0.0928 e. The summed E-state index contributed by atoms with van der Waals surface area (Å²) in [7, 11) is 0. The molecule has 0 saturated heterocycles. The van der Waals surface area contributed by atoms with Crippen LogP contribution in [0.3, 0.4) is 0 Å². The standard InChI is InChI=1S/C17H27Br/c1-2-3-9-16-11-13-17(14-12-16)10-7-5-4-6-8-15-18/h11-14H,2-10,15H2,1H3. The first-order valence-electron chi connectivity index (χ1n) is 7.50. The van der Waals surface area contributed by atoms with Gasteiger partial charge in [-0.05, 0) is 43.2 Å². The Labute approximate surface area is 121 Å². The second kappa shape index (κ2) is 10.6. The van der Waals surface area contributed by atoms with Gasteiger partial charge in [-0.25, -0.2) is 0 Å². The van der Waals surface area contributed by atoms with Gasteiger partial charge in [0.25, 0.3) is 0 Å². The Morgan fingerprint density at radius 3 is 1.78 bits per heavy atom. The number of hydrogen-bond donors (Lipinski definition) is 0. The van der Waals surface area contributed by atoms with E-state index < -0.39 is 0 Å². The molecule has 0 amide bonds. The summed E-state index contributed by atoms with van der Waals surface area (Å²) < 4.78 is 0. The first-order chi connectivity index (χ1) is 8.86. The second-order valence-electron chi connectivity index (χ2n) is 5.13. The van der Waals surface area contributed by atoms with Crippen LogP contribution in [0.2, 0.25) is 0 Å². The minimum absolute atomic E-state index is 1.16. The van der Waals surface area contributed by atoms with Crippen LogP contribution in [-0.4, -0.2) is 5.33 Å². The number of benzene rings is 1. The monoisotopic (exact) mass is 310 g/mol. The van der Waals surface area contributed by atoms with Gasteiger partial charge in [0.2, 0.25) is 0 Å². The fourth-order valence-electron chi connectivity index (χ4n) is 2.21. The van der Waals surface area contributed by atoms with E-state index in [0.29, 0.717) is 0 Å². The van der Waals surface area contributed by atoms with Gasteiger partial charge in [0.1, 0.15) is 0 Å². The minimum atomic E-state index is 1.16. The van der Waals surface area contributed by atoms with Crippen LogP contribution in [0.1, 0.15) is 63.0 Å². The topological polar surface area (TPSA) is 0 Å². The summed E-state index contributed by atoms with van der Waals surface area (Å²) in [4.78, 5) is 0. The van der Waals surface area contributed by atoms with Crippen LogP contribution < -0.4 is 0 Å². The lowest BCUT2D eigenvalue weighted by molar-refractivity contribution is 0.635. The number of alkyl halides is 1. The maximum absolute atomic E-state index is 3.48. The number of rotatable bonds is 10. The third-order valence-electron chi connectivity index (χ3n) is 3.44. The Morgan fingerprint density at radius 2 is 1.22 bits per heavy atom. The zero-order valence-corrected chi connectivity index (χ0v) is 13.3. The van der Waals surface area contributed by atoms with Gasteiger partial charge in [0, 0.05) is 5.33 Å². The second-order valence-corrected chi connectivity index (χ2v) is 5.92. The Bertz CT molecular complexity index is 289. The van der Waals surface area contributed by atoms with E-state index in [1.807, 2.05) is 0 Å². The Hall–Kier alpha value is -0.300. The molecule has 0 aliphatic rings. The average Bonchev–Trinajstić information content (AvgIpc) is 2.42. The van der Waals surface area contributed by atoms with Crippen molar-refractivity contribution < 1.29 is 0 Å². The molecule has 0 saturated carbocycles. The molecule has 1 aromatic rings. The first kappa shape index (κ1) is 15.8. The Kier molecular flexibility index (Phi) is 9.28. The third-order valence-corrected chi connectivity index (χ3v) is 4.00. The Morgan fingerprint density at radius 1 is 0.722 bits per heavy atom. The average molecular weight is 311 g/mol. The number of unbranched alkanes of at least 4 members (excludes halogenated alkanes) is 5. The molecule has 1 rings (SSSR count). The van der Waals surface area contributed by atoms with E-state index in [1.165, 1.54) is 68.9 Å². The van der Waals surface area contributed by atoms with Crippen molar-refractivity contribution in [3.8, 4) is 0 Å².